The van der Waals surface area contributed by atoms with E-state index in [1.165, 1.54) is 18.2 Å². The van der Waals surface area contributed by atoms with Crippen molar-refractivity contribution in [3.8, 4) is 0 Å². The number of nitrogens with zero attached hydrogens (tertiary/aromatic N) is 1. The summed E-state index contributed by atoms with van der Waals surface area (Å²) in [4.78, 5) is 22.5. The Morgan fingerprint density at radius 3 is 2.29 bits per heavy atom. The molecule has 0 aromatic heterocycles. The zero-order chi connectivity index (χ0) is 23.2. The van der Waals surface area contributed by atoms with Crippen molar-refractivity contribution in [1.29, 1.82) is 0 Å². The van der Waals surface area contributed by atoms with Crippen LogP contribution in [0.5, 0.6) is 0 Å². The molecular weight excluding hydrogens is 425 g/mol. The highest BCUT2D eigenvalue weighted by atomic mass is 31.2. The molecule has 10 heteroatoms. The minimum Gasteiger partial charge on any atom is -0.463 e. The number of esters is 1. The van der Waals surface area contributed by atoms with E-state index in [1.54, 1.807) is 52.8 Å². The van der Waals surface area contributed by atoms with Gasteiger partial charge in [0.1, 0.15) is 5.76 Å². The second kappa shape index (κ2) is 10.7. The van der Waals surface area contributed by atoms with Crippen LogP contribution in [0, 0.1) is 10.1 Å². The van der Waals surface area contributed by atoms with Crippen molar-refractivity contribution in [3.05, 3.63) is 63.4 Å². The molecule has 31 heavy (non-hydrogen) atoms. The summed E-state index contributed by atoms with van der Waals surface area (Å²) in [6.45, 7) is 8.78. The Hall–Kier alpha value is -2.48. The van der Waals surface area contributed by atoms with Gasteiger partial charge < -0.3 is 18.5 Å². The van der Waals surface area contributed by atoms with Crippen molar-refractivity contribution < 1.29 is 32.8 Å². The highest BCUT2D eigenvalue weighted by Crippen LogP contribution is 2.61. The van der Waals surface area contributed by atoms with Gasteiger partial charge >= 0.3 is 13.6 Å². The summed E-state index contributed by atoms with van der Waals surface area (Å²) >= 11 is 0. The molecule has 0 N–H and O–H groups in total. The normalized spacial score (nSPS) is 18.1. The van der Waals surface area contributed by atoms with Gasteiger partial charge in [-0.3, -0.25) is 14.7 Å². The van der Waals surface area contributed by atoms with Crippen LogP contribution >= 0.6 is 7.60 Å². The lowest BCUT2D eigenvalue weighted by Gasteiger charge is -2.30. The Bertz CT molecular complexity index is 890. The lowest BCUT2D eigenvalue weighted by atomic mass is 9.93. The number of hydrogen-bond acceptors (Lipinski definition) is 8. The first-order valence-electron chi connectivity index (χ1n) is 10.0. The first kappa shape index (κ1) is 24.8. The molecule has 0 radical (unpaired) electrons. The molecule has 1 aromatic rings. The smallest absolute Gasteiger partial charge is 0.396 e. The fourth-order valence-electron chi connectivity index (χ4n) is 2.95. The van der Waals surface area contributed by atoms with Gasteiger partial charge in [0, 0.05) is 24.5 Å². The molecule has 170 valence electrons. The maximum absolute atomic E-state index is 13.6. The molecule has 0 saturated carbocycles. The van der Waals surface area contributed by atoms with Crippen molar-refractivity contribution >= 4 is 19.3 Å². The van der Waals surface area contributed by atoms with E-state index in [4.69, 9.17) is 18.5 Å². The molecule has 0 amide bonds. The molecule has 0 aliphatic carbocycles. The highest BCUT2D eigenvalue weighted by Gasteiger charge is 2.39. The van der Waals surface area contributed by atoms with E-state index in [2.05, 4.69) is 0 Å². The SMILES string of the molecule is CCOC(=O)/C=C1\CC(c2ccc([N+](=O)[O-])cc2)C=C(P(=O)(OC(C)C)OC(C)C)O1. The largest absolute Gasteiger partial charge is 0.463 e. The van der Waals surface area contributed by atoms with Crippen molar-refractivity contribution in [1.82, 2.24) is 0 Å². The number of hydrogen-bond donors (Lipinski definition) is 0. The number of benzene rings is 1. The number of non-ortho nitro benzene ring substituents is 1. The van der Waals surface area contributed by atoms with Crippen LogP contribution in [0.3, 0.4) is 0 Å². The van der Waals surface area contributed by atoms with Crippen LogP contribution in [0.1, 0.15) is 52.5 Å². The summed E-state index contributed by atoms with van der Waals surface area (Å²) in [5, 5.41) is 11.0. The van der Waals surface area contributed by atoms with E-state index in [9.17, 15) is 19.5 Å². The number of allylic oxidation sites excluding steroid dienone is 2. The highest BCUT2D eigenvalue weighted by molar-refractivity contribution is 7.58. The van der Waals surface area contributed by atoms with Gasteiger partial charge in [-0.25, -0.2) is 4.79 Å². The van der Waals surface area contributed by atoms with Crippen LogP contribution in [-0.2, 0) is 27.9 Å². The van der Waals surface area contributed by atoms with Gasteiger partial charge in [0.2, 0.25) is 5.50 Å². The lowest BCUT2D eigenvalue weighted by molar-refractivity contribution is -0.384. The average Bonchev–Trinajstić information content (AvgIpc) is 2.66. The van der Waals surface area contributed by atoms with Crippen molar-refractivity contribution in [3.63, 3.8) is 0 Å². The van der Waals surface area contributed by atoms with Crippen LogP contribution in [0.15, 0.2) is 47.7 Å². The van der Waals surface area contributed by atoms with Gasteiger partial charge in [0.15, 0.2) is 0 Å². The molecule has 1 atom stereocenters. The molecule has 0 bridgehead atoms. The first-order chi connectivity index (χ1) is 14.5. The van der Waals surface area contributed by atoms with Gasteiger partial charge in [-0.15, -0.1) is 0 Å². The van der Waals surface area contributed by atoms with Gasteiger partial charge in [-0.05, 0) is 46.3 Å². The minimum atomic E-state index is -3.85. The van der Waals surface area contributed by atoms with E-state index >= 15 is 0 Å². The Balaban J connectivity index is 2.50. The molecule has 0 spiro atoms. The summed E-state index contributed by atoms with van der Waals surface area (Å²) < 4.78 is 35.6. The van der Waals surface area contributed by atoms with Crippen LogP contribution < -0.4 is 0 Å². The molecule has 0 fully saturated rings. The molecule has 1 heterocycles. The van der Waals surface area contributed by atoms with E-state index in [1.807, 2.05) is 0 Å². The third-order valence-electron chi connectivity index (χ3n) is 4.07. The molecule has 0 saturated heterocycles. The third-order valence-corrected chi connectivity index (χ3v) is 6.25. The molecule has 1 aliphatic heterocycles. The molecule has 2 rings (SSSR count). The first-order valence-corrected chi connectivity index (χ1v) is 11.6. The Labute approximate surface area is 181 Å². The lowest BCUT2D eigenvalue weighted by Crippen LogP contribution is -2.16. The molecule has 1 aliphatic rings. The molecule has 1 unspecified atom stereocenters. The Kier molecular flexibility index (Phi) is 8.56. The number of carbonyl (C=O) groups is 1. The topological polar surface area (TPSA) is 114 Å². The van der Waals surface area contributed by atoms with Gasteiger partial charge in [0.05, 0.1) is 29.8 Å². The summed E-state index contributed by atoms with van der Waals surface area (Å²) in [7, 11) is -3.85. The van der Waals surface area contributed by atoms with Crippen molar-refractivity contribution in [2.24, 2.45) is 0 Å². The summed E-state index contributed by atoms with van der Waals surface area (Å²) in [6.07, 6.45) is 2.26. The van der Waals surface area contributed by atoms with E-state index in [0.29, 0.717) is 0 Å². The molecular formula is C21H28NO8P. The average molecular weight is 453 g/mol. The van der Waals surface area contributed by atoms with Gasteiger partial charge in [-0.2, -0.15) is 0 Å². The predicted molar refractivity (Wildman–Crippen MR) is 114 cm³/mol. The fraction of sp³-hybridized carbons (Fsp3) is 0.476. The van der Waals surface area contributed by atoms with E-state index in [-0.39, 0.29) is 35.9 Å². The quantitative estimate of drug-likeness (QED) is 0.160. The second-order valence-corrected chi connectivity index (χ2v) is 9.29. The number of rotatable bonds is 9. The number of nitro groups is 1. The van der Waals surface area contributed by atoms with Crippen LogP contribution in [-0.4, -0.2) is 29.7 Å². The second-order valence-electron chi connectivity index (χ2n) is 7.43. The predicted octanol–water partition coefficient (Wildman–Crippen LogP) is 5.43. The van der Waals surface area contributed by atoms with Crippen LogP contribution in [0.25, 0.3) is 0 Å². The Morgan fingerprint density at radius 1 is 1.23 bits per heavy atom. The van der Waals surface area contributed by atoms with Crippen molar-refractivity contribution in [2.45, 2.75) is 59.2 Å². The number of ether oxygens (including phenoxy) is 2. The zero-order valence-electron chi connectivity index (χ0n) is 18.3. The third kappa shape index (κ3) is 7.02. The summed E-state index contributed by atoms with van der Waals surface area (Å²) in [5.74, 6) is -0.727. The Morgan fingerprint density at radius 2 is 1.81 bits per heavy atom. The molecule has 9 nitrogen and oxygen atoms in total. The maximum Gasteiger partial charge on any atom is 0.396 e. The number of nitro benzene ring substituents is 1. The van der Waals surface area contributed by atoms with E-state index in [0.717, 1.165) is 5.56 Å². The number of carbonyl (C=O) groups excluding carboxylic acids is 1. The monoisotopic (exact) mass is 453 g/mol. The van der Waals surface area contributed by atoms with Crippen molar-refractivity contribution in [2.75, 3.05) is 6.61 Å². The van der Waals surface area contributed by atoms with Crippen LogP contribution in [0.4, 0.5) is 5.69 Å². The van der Waals surface area contributed by atoms with Crippen LogP contribution in [0.2, 0.25) is 0 Å². The van der Waals surface area contributed by atoms with Gasteiger partial charge in [0.25, 0.3) is 5.69 Å². The van der Waals surface area contributed by atoms with Gasteiger partial charge in [-0.1, -0.05) is 12.1 Å². The standard InChI is InChI=1S/C21H28NO8P/c1-6-27-20(23)13-19-11-17(16-7-9-18(10-8-16)22(24)25)12-21(28-19)31(26,29-14(2)3)30-15(4)5/h7-10,12-15,17H,6,11H2,1-5H3/b19-13+. The van der Waals surface area contributed by atoms with E-state index < -0.39 is 30.7 Å². The minimum absolute atomic E-state index is 0.0277. The fourth-order valence-corrected chi connectivity index (χ4v) is 4.91. The summed E-state index contributed by atoms with van der Waals surface area (Å²) in [5.41, 5.74) is 0.654. The zero-order valence-corrected chi connectivity index (χ0v) is 19.2. The summed E-state index contributed by atoms with van der Waals surface area (Å²) in [6, 6.07) is 6.01. The maximum atomic E-state index is 13.6. The molecule has 1 aromatic carbocycles.